The summed E-state index contributed by atoms with van der Waals surface area (Å²) in [5, 5.41) is 0. The highest BCUT2D eigenvalue weighted by molar-refractivity contribution is 7.92. The van der Waals surface area contributed by atoms with Crippen LogP contribution in [-0.4, -0.2) is 64.4 Å². The van der Waals surface area contributed by atoms with Gasteiger partial charge in [-0.25, -0.2) is 8.42 Å². The molecular formula is C21H27N3O3S. The van der Waals surface area contributed by atoms with Crippen molar-refractivity contribution >= 4 is 21.6 Å². The number of carbonyl (C=O) groups excluding carboxylic acids is 1. The van der Waals surface area contributed by atoms with Gasteiger partial charge in [-0.1, -0.05) is 23.8 Å². The molecule has 0 atom stereocenters. The number of carbonyl (C=O) groups is 1. The fourth-order valence-electron chi connectivity index (χ4n) is 3.27. The third kappa shape index (κ3) is 4.05. The standard InChI is InChI=1S/C21H27N3O3S/c1-16-5-9-19(10-6-16)28(26,27)23(4)20-15-18(8-7-17(20)2)21(25)24-13-11-22(3)12-14-24/h5-10,15H,11-14H2,1-4H3. The topological polar surface area (TPSA) is 60.9 Å². The number of nitrogens with zero attached hydrogens (tertiary/aromatic N) is 3. The molecule has 0 aliphatic carbocycles. The first-order chi connectivity index (χ1) is 13.2. The van der Waals surface area contributed by atoms with E-state index >= 15 is 0 Å². The van der Waals surface area contributed by atoms with E-state index in [9.17, 15) is 13.2 Å². The maximum Gasteiger partial charge on any atom is 0.264 e. The van der Waals surface area contributed by atoms with Gasteiger partial charge in [0.05, 0.1) is 10.6 Å². The zero-order chi connectivity index (χ0) is 20.5. The van der Waals surface area contributed by atoms with Crippen molar-refractivity contribution in [2.24, 2.45) is 0 Å². The maximum absolute atomic E-state index is 13.0. The molecule has 0 radical (unpaired) electrons. The number of rotatable bonds is 4. The molecule has 0 N–H and O–H groups in total. The van der Waals surface area contributed by atoms with E-state index < -0.39 is 10.0 Å². The molecule has 28 heavy (non-hydrogen) atoms. The monoisotopic (exact) mass is 401 g/mol. The van der Waals surface area contributed by atoms with Gasteiger partial charge in [-0.3, -0.25) is 9.10 Å². The molecule has 0 bridgehead atoms. The first-order valence-corrected chi connectivity index (χ1v) is 10.8. The Morgan fingerprint density at radius 3 is 2.18 bits per heavy atom. The van der Waals surface area contributed by atoms with Gasteiger partial charge in [-0.2, -0.15) is 0 Å². The number of likely N-dealkylation sites (N-methyl/N-ethyl adjacent to an activating group) is 1. The maximum atomic E-state index is 13.0. The van der Waals surface area contributed by atoms with Gasteiger partial charge in [-0.05, 0) is 50.7 Å². The van der Waals surface area contributed by atoms with Gasteiger partial charge in [0.25, 0.3) is 15.9 Å². The zero-order valence-corrected chi connectivity index (χ0v) is 17.7. The Bertz CT molecular complexity index is 963. The molecule has 6 nitrogen and oxygen atoms in total. The third-order valence-electron chi connectivity index (χ3n) is 5.27. The number of hydrogen-bond donors (Lipinski definition) is 0. The predicted octanol–water partition coefficient (Wildman–Crippen LogP) is 2.52. The van der Waals surface area contributed by atoms with Gasteiger partial charge in [-0.15, -0.1) is 0 Å². The summed E-state index contributed by atoms with van der Waals surface area (Å²) in [7, 11) is -0.136. The first kappa shape index (κ1) is 20.4. The largest absolute Gasteiger partial charge is 0.336 e. The van der Waals surface area contributed by atoms with E-state index in [2.05, 4.69) is 4.90 Å². The highest BCUT2D eigenvalue weighted by atomic mass is 32.2. The van der Waals surface area contributed by atoms with Crippen LogP contribution in [0, 0.1) is 13.8 Å². The predicted molar refractivity (Wildman–Crippen MR) is 111 cm³/mol. The lowest BCUT2D eigenvalue weighted by molar-refractivity contribution is 0.0664. The van der Waals surface area contributed by atoms with Crippen LogP contribution in [-0.2, 0) is 10.0 Å². The minimum absolute atomic E-state index is 0.0597. The minimum atomic E-state index is -3.70. The number of aryl methyl sites for hydroxylation is 2. The number of anilines is 1. The SMILES string of the molecule is Cc1ccc(S(=O)(=O)N(C)c2cc(C(=O)N3CCN(C)CC3)ccc2C)cc1. The Morgan fingerprint density at radius 2 is 1.57 bits per heavy atom. The van der Waals surface area contributed by atoms with E-state index in [0.717, 1.165) is 24.2 Å². The van der Waals surface area contributed by atoms with Crippen LogP contribution in [0.15, 0.2) is 47.4 Å². The van der Waals surface area contributed by atoms with Gasteiger partial charge in [0.2, 0.25) is 0 Å². The van der Waals surface area contributed by atoms with Crippen LogP contribution in [0.5, 0.6) is 0 Å². The fraction of sp³-hybridized carbons (Fsp3) is 0.381. The van der Waals surface area contributed by atoms with Crippen molar-refractivity contribution < 1.29 is 13.2 Å². The fourth-order valence-corrected chi connectivity index (χ4v) is 4.52. The normalized spacial score (nSPS) is 15.5. The highest BCUT2D eigenvalue weighted by Gasteiger charge is 2.25. The average molecular weight is 402 g/mol. The van der Waals surface area contributed by atoms with Crippen LogP contribution in [0.25, 0.3) is 0 Å². The number of benzene rings is 2. The van der Waals surface area contributed by atoms with Crippen molar-refractivity contribution in [3.05, 3.63) is 59.2 Å². The van der Waals surface area contributed by atoms with Crippen molar-refractivity contribution in [1.29, 1.82) is 0 Å². The average Bonchev–Trinajstić information content (AvgIpc) is 2.68. The Balaban J connectivity index is 1.90. The van der Waals surface area contributed by atoms with Crippen molar-refractivity contribution in [3.63, 3.8) is 0 Å². The molecule has 1 aliphatic heterocycles. The molecule has 2 aromatic rings. The van der Waals surface area contributed by atoms with Crippen molar-refractivity contribution in [2.75, 3.05) is 44.6 Å². The summed E-state index contributed by atoms with van der Waals surface area (Å²) < 4.78 is 27.3. The summed E-state index contributed by atoms with van der Waals surface area (Å²) in [6, 6.07) is 12.0. The lowest BCUT2D eigenvalue weighted by Gasteiger charge is -2.32. The number of piperazine rings is 1. The molecule has 0 unspecified atom stereocenters. The van der Waals surface area contributed by atoms with Crippen molar-refractivity contribution in [2.45, 2.75) is 18.7 Å². The summed E-state index contributed by atoms with van der Waals surface area (Å²) in [6.45, 7) is 6.79. The van der Waals surface area contributed by atoms with Gasteiger partial charge in [0.1, 0.15) is 0 Å². The van der Waals surface area contributed by atoms with Gasteiger partial charge >= 0.3 is 0 Å². The second kappa shape index (κ2) is 7.93. The molecule has 1 fully saturated rings. The van der Waals surface area contributed by atoms with Crippen LogP contribution < -0.4 is 4.31 Å². The lowest BCUT2D eigenvalue weighted by Crippen LogP contribution is -2.47. The summed E-state index contributed by atoms with van der Waals surface area (Å²) in [5.41, 5.74) is 2.82. The molecule has 0 saturated carbocycles. The van der Waals surface area contributed by atoms with Gasteiger partial charge < -0.3 is 9.80 Å². The van der Waals surface area contributed by atoms with Gasteiger partial charge in [0.15, 0.2) is 0 Å². The zero-order valence-electron chi connectivity index (χ0n) is 16.8. The molecule has 1 saturated heterocycles. The third-order valence-corrected chi connectivity index (χ3v) is 7.05. The highest BCUT2D eigenvalue weighted by Crippen LogP contribution is 2.27. The molecule has 150 valence electrons. The Kier molecular flexibility index (Phi) is 5.76. The van der Waals surface area contributed by atoms with Crippen molar-refractivity contribution in [3.8, 4) is 0 Å². The van der Waals surface area contributed by atoms with Crippen LogP contribution in [0.1, 0.15) is 21.5 Å². The summed E-state index contributed by atoms with van der Waals surface area (Å²) in [5.74, 6) is -0.0597. The molecular weight excluding hydrogens is 374 g/mol. The van der Waals surface area contributed by atoms with E-state index in [1.54, 1.807) is 42.5 Å². The molecule has 1 heterocycles. The Hall–Kier alpha value is -2.38. The second-order valence-electron chi connectivity index (χ2n) is 7.38. The molecule has 0 spiro atoms. The number of amides is 1. The molecule has 1 aliphatic rings. The van der Waals surface area contributed by atoms with E-state index in [1.807, 2.05) is 25.8 Å². The first-order valence-electron chi connectivity index (χ1n) is 9.34. The smallest absolute Gasteiger partial charge is 0.264 e. The second-order valence-corrected chi connectivity index (χ2v) is 9.35. The quantitative estimate of drug-likeness (QED) is 0.790. The van der Waals surface area contributed by atoms with Crippen molar-refractivity contribution in [1.82, 2.24) is 9.80 Å². The molecule has 2 aromatic carbocycles. The molecule has 1 amide bonds. The Labute approximate surface area is 167 Å². The van der Waals surface area contributed by atoms with Crippen LogP contribution in [0.4, 0.5) is 5.69 Å². The molecule has 7 heteroatoms. The van der Waals surface area contributed by atoms with E-state index in [1.165, 1.54) is 11.4 Å². The Morgan fingerprint density at radius 1 is 0.964 bits per heavy atom. The number of hydrogen-bond acceptors (Lipinski definition) is 4. The number of sulfonamides is 1. The lowest BCUT2D eigenvalue weighted by atomic mass is 10.1. The van der Waals surface area contributed by atoms with Gasteiger partial charge in [0, 0.05) is 38.8 Å². The molecule has 0 aromatic heterocycles. The summed E-state index contributed by atoms with van der Waals surface area (Å²) >= 11 is 0. The van der Waals surface area contributed by atoms with E-state index in [0.29, 0.717) is 24.3 Å². The van der Waals surface area contributed by atoms with Crippen LogP contribution in [0.3, 0.4) is 0 Å². The minimum Gasteiger partial charge on any atom is -0.336 e. The summed E-state index contributed by atoms with van der Waals surface area (Å²) in [6.07, 6.45) is 0. The van der Waals surface area contributed by atoms with Crippen LogP contribution in [0.2, 0.25) is 0 Å². The van der Waals surface area contributed by atoms with Crippen LogP contribution >= 0.6 is 0 Å². The van der Waals surface area contributed by atoms with E-state index in [4.69, 9.17) is 0 Å². The van der Waals surface area contributed by atoms with E-state index in [-0.39, 0.29) is 10.8 Å². The molecule has 3 rings (SSSR count). The summed E-state index contributed by atoms with van der Waals surface area (Å²) in [4.78, 5) is 17.1.